The number of ether oxygens (including phenoxy) is 1. The Morgan fingerprint density at radius 3 is 2.74 bits per heavy atom. The molecule has 0 amide bonds. The topological polar surface area (TPSA) is 70.7 Å². The van der Waals surface area contributed by atoms with Crippen LogP contribution in [-0.2, 0) is 14.9 Å². The first-order chi connectivity index (χ1) is 8.90. The molecule has 0 aromatic heterocycles. The lowest BCUT2D eigenvalue weighted by Gasteiger charge is -2.35. The SMILES string of the molecule is CCNCCCN(C)S(=O)(=O)NC1(C)CCCOC1. The van der Waals surface area contributed by atoms with E-state index in [4.69, 9.17) is 4.74 Å². The van der Waals surface area contributed by atoms with Gasteiger partial charge in [-0.25, -0.2) is 0 Å². The Hall–Kier alpha value is -0.210. The Morgan fingerprint density at radius 1 is 1.42 bits per heavy atom. The molecule has 1 heterocycles. The highest BCUT2D eigenvalue weighted by atomic mass is 32.2. The van der Waals surface area contributed by atoms with Gasteiger partial charge in [-0.05, 0) is 39.3 Å². The minimum Gasteiger partial charge on any atom is -0.380 e. The Labute approximate surface area is 117 Å². The summed E-state index contributed by atoms with van der Waals surface area (Å²) in [6, 6.07) is 0. The van der Waals surface area contributed by atoms with Crippen molar-refractivity contribution in [1.82, 2.24) is 14.3 Å². The van der Waals surface area contributed by atoms with Gasteiger partial charge in [0.25, 0.3) is 10.2 Å². The monoisotopic (exact) mass is 293 g/mol. The number of nitrogens with zero attached hydrogens (tertiary/aromatic N) is 1. The van der Waals surface area contributed by atoms with Crippen LogP contribution in [0.25, 0.3) is 0 Å². The third kappa shape index (κ3) is 5.74. The average molecular weight is 293 g/mol. The van der Waals surface area contributed by atoms with Crippen LogP contribution < -0.4 is 10.0 Å². The van der Waals surface area contributed by atoms with E-state index in [1.165, 1.54) is 4.31 Å². The van der Waals surface area contributed by atoms with Crippen LogP contribution in [0.5, 0.6) is 0 Å². The fourth-order valence-corrected chi connectivity index (χ4v) is 3.44. The lowest BCUT2D eigenvalue weighted by molar-refractivity contribution is 0.0380. The highest BCUT2D eigenvalue weighted by Crippen LogP contribution is 2.19. The molecule has 0 aromatic carbocycles. The molecule has 114 valence electrons. The first-order valence-corrected chi connectivity index (χ1v) is 8.37. The highest BCUT2D eigenvalue weighted by molar-refractivity contribution is 7.87. The lowest BCUT2D eigenvalue weighted by Crippen LogP contribution is -2.55. The maximum absolute atomic E-state index is 12.2. The smallest absolute Gasteiger partial charge is 0.279 e. The van der Waals surface area contributed by atoms with Crippen molar-refractivity contribution < 1.29 is 13.2 Å². The summed E-state index contributed by atoms with van der Waals surface area (Å²) < 4.78 is 33.9. The molecule has 0 bridgehead atoms. The van der Waals surface area contributed by atoms with Gasteiger partial charge in [-0.2, -0.15) is 17.4 Å². The van der Waals surface area contributed by atoms with E-state index in [9.17, 15) is 8.42 Å². The Balaban J connectivity index is 2.45. The van der Waals surface area contributed by atoms with Crippen molar-refractivity contribution in [1.29, 1.82) is 0 Å². The first kappa shape index (κ1) is 16.8. The Morgan fingerprint density at radius 2 is 2.16 bits per heavy atom. The van der Waals surface area contributed by atoms with Crippen LogP contribution in [-0.4, -0.2) is 58.2 Å². The molecule has 1 rings (SSSR count). The van der Waals surface area contributed by atoms with E-state index in [1.807, 2.05) is 13.8 Å². The van der Waals surface area contributed by atoms with Gasteiger partial charge >= 0.3 is 0 Å². The van der Waals surface area contributed by atoms with Crippen molar-refractivity contribution in [3.63, 3.8) is 0 Å². The van der Waals surface area contributed by atoms with Crippen LogP contribution in [0.2, 0.25) is 0 Å². The Kier molecular flexibility index (Phi) is 6.68. The summed E-state index contributed by atoms with van der Waals surface area (Å²) in [5.41, 5.74) is -0.479. The second kappa shape index (κ2) is 7.54. The molecular weight excluding hydrogens is 266 g/mol. The number of nitrogens with one attached hydrogen (secondary N) is 2. The molecule has 7 heteroatoms. The summed E-state index contributed by atoms with van der Waals surface area (Å²) in [6.45, 7) is 7.34. The molecule has 1 unspecified atom stereocenters. The van der Waals surface area contributed by atoms with E-state index in [-0.39, 0.29) is 0 Å². The van der Waals surface area contributed by atoms with Crippen molar-refractivity contribution in [2.24, 2.45) is 0 Å². The van der Waals surface area contributed by atoms with E-state index in [2.05, 4.69) is 10.0 Å². The largest absolute Gasteiger partial charge is 0.380 e. The lowest BCUT2D eigenvalue weighted by atomic mass is 9.97. The summed E-state index contributed by atoms with van der Waals surface area (Å²) in [5.74, 6) is 0. The summed E-state index contributed by atoms with van der Waals surface area (Å²) in [6.07, 6.45) is 2.51. The van der Waals surface area contributed by atoms with Crippen LogP contribution in [0.4, 0.5) is 0 Å². The van der Waals surface area contributed by atoms with Gasteiger partial charge in [-0.1, -0.05) is 6.92 Å². The van der Waals surface area contributed by atoms with Crippen LogP contribution in [0.1, 0.15) is 33.1 Å². The van der Waals surface area contributed by atoms with Gasteiger partial charge in [-0.3, -0.25) is 0 Å². The highest BCUT2D eigenvalue weighted by Gasteiger charge is 2.33. The second-order valence-corrected chi connectivity index (χ2v) is 7.13. The maximum atomic E-state index is 12.2. The molecule has 1 aliphatic rings. The van der Waals surface area contributed by atoms with Gasteiger partial charge in [0, 0.05) is 20.2 Å². The number of hydrogen-bond donors (Lipinski definition) is 2. The third-order valence-electron chi connectivity index (χ3n) is 3.30. The fourth-order valence-electron chi connectivity index (χ4n) is 2.13. The van der Waals surface area contributed by atoms with E-state index in [1.54, 1.807) is 7.05 Å². The van der Waals surface area contributed by atoms with Gasteiger partial charge in [0.1, 0.15) is 0 Å². The Bertz CT molecular complexity index is 353. The fraction of sp³-hybridized carbons (Fsp3) is 1.00. The van der Waals surface area contributed by atoms with E-state index in [0.717, 1.165) is 39.0 Å². The van der Waals surface area contributed by atoms with Gasteiger partial charge in [0.05, 0.1) is 12.1 Å². The van der Waals surface area contributed by atoms with Crippen LogP contribution in [0, 0.1) is 0 Å². The summed E-state index contributed by atoms with van der Waals surface area (Å²) in [5, 5.41) is 3.18. The number of rotatable bonds is 8. The van der Waals surface area contributed by atoms with E-state index >= 15 is 0 Å². The zero-order chi connectivity index (χ0) is 14.4. The predicted molar refractivity (Wildman–Crippen MR) is 76.3 cm³/mol. The summed E-state index contributed by atoms with van der Waals surface area (Å²) in [4.78, 5) is 0. The molecule has 0 saturated carbocycles. The van der Waals surface area contributed by atoms with Crippen molar-refractivity contribution in [2.45, 2.75) is 38.6 Å². The molecule has 0 radical (unpaired) electrons. The minimum absolute atomic E-state index is 0.442. The maximum Gasteiger partial charge on any atom is 0.279 e. The van der Waals surface area contributed by atoms with E-state index < -0.39 is 15.7 Å². The van der Waals surface area contributed by atoms with Crippen LogP contribution >= 0.6 is 0 Å². The predicted octanol–water partition coefficient (Wildman–Crippen LogP) is 0.321. The molecule has 1 fully saturated rings. The van der Waals surface area contributed by atoms with Crippen molar-refractivity contribution in [3.05, 3.63) is 0 Å². The molecule has 1 saturated heterocycles. The molecule has 19 heavy (non-hydrogen) atoms. The molecule has 1 atom stereocenters. The summed E-state index contributed by atoms with van der Waals surface area (Å²) >= 11 is 0. The van der Waals surface area contributed by atoms with Crippen molar-refractivity contribution >= 4 is 10.2 Å². The standard InChI is InChI=1S/C12H27N3O3S/c1-4-13-8-6-9-15(3)19(16,17)14-12(2)7-5-10-18-11-12/h13-14H,4-11H2,1-3H3. The second-order valence-electron chi connectivity index (χ2n) is 5.35. The van der Waals surface area contributed by atoms with E-state index in [0.29, 0.717) is 13.2 Å². The molecule has 6 nitrogen and oxygen atoms in total. The third-order valence-corrected chi connectivity index (χ3v) is 5.05. The quantitative estimate of drug-likeness (QED) is 0.632. The first-order valence-electron chi connectivity index (χ1n) is 6.93. The average Bonchev–Trinajstić information content (AvgIpc) is 2.34. The zero-order valence-electron chi connectivity index (χ0n) is 12.2. The molecule has 0 aliphatic carbocycles. The summed E-state index contributed by atoms with van der Waals surface area (Å²) in [7, 11) is -1.82. The van der Waals surface area contributed by atoms with Crippen molar-refractivity contribution in [3.8, 4) is 0 Å². The van der Waals surface area contributed by atoms with Gasteiger partial charge in [0.2, 0.25) is 0 Å². The van der Waals surface area contributed by atoms with Gasteiger partial charge in [-0.15, -0.1) is 0 Å². The van der Waals surface area contributed by atoms with Gasteiger partial charge < -0.3 is 10.1 Å². The minimum atomic E-state index is -3.43. The molecular formula is C12H27N3O3S. The normalized spacial score (nSPS) is 24.8. The zero-order valence-corrected chi connectivity index (χ0v) is 13.1. The van der Waals surface area contributed by atoms with Crippen LogP contribution in [0.15, 0.2) is 0 Å². The molecule has 1 aliphatic heterocycles. The van der Waals surface area contributed by atoms with Crippen molar-refractivity contribution in [2.75, 3.05) is 39.9 Å². The van der Waals surface area contributed by atoms with Gasteiger partial charge in [0.15, 0.2) is 0 Å². The molecule has 0 aromatic rings. The molecule has 2 N–H and O–H groups in total. The number of hydrogen-bond acceptors (Lipinski definition) is 4. The molecule has 0 spiro atoms. The van der Waals surface area contributed by atoms with Crippen LogP contribution in [0.3, 0.4) is 0 Å².